The molecule has 1 fully saturated rings. The number of hydrogen-bond acceptors (Lipinski definition) is 4. The maximum absolute atomic E-state index is 11.0. The summed E-state index contributed by atoms with van der Waals surface area (Å²) in [5.41, 5.74) is 0.813. The number of rotatable bonds is 5. The van der Waals surface area contributed by atoms with Crippen molar-refractivity contribution in [3.05, 3.63) is 17.7 Å². The molecule has 2 rings (SSSR count). The molecule has 0 radical (unpaired) electrons. The fraction of sp³-hybridized carbons (Fsp3) is 0.462. The van der Waals surface area contributed by atoms with Crippen LogP contribution in [0.3, 0.4) is 0 Å². The summed E-state index contributed by atoms with van der Waals surface area (Å²) in [6.07, 6.45) is 0.619. The Balaban J connectivity index is 2.42. The zero-order chi connectivity index (χ0) is 13.3. The van der Waals surface area contributed by atoms with Crippen molar-refractivity contribution in [1.82, 2.24) is 0 Å². The number of carbonyl (C=O) groups is 1. The van der Waals surface area contributed by atoms with Crippen LogP contribution < -0.4 is 14.2 Å². The fourth-order valence-electron chi connectivity index (χ4n) is 2.19. The van der Waals surface area contributed by atoms with Gasteiger partial charge in [-0.25, -0.2) is 0 Å². The zero-order valence-corrected chi connectivity index (χ0v) is 10.6. The van der Waals surface area contributed by atoms with Crippen LogP contribution in [0.4, 0.5) is 0 Å². The van der Waals surface area contributed by atoms with Gasteiger partial charge in [0.05, 0.1) is 27.2 Å². The smallest absolute Gasteiger partial charge is 0.307 e. The van der Waals surface area contributed by atoms with Crippen molar-refractivity contribution in [2.45, 2.75) is 12.3 Å². The maximum atomic E-state index is 11.0. The second kappa shape index (κ2) is 4.76. The highest BCUT2D eigenvalue weighted by Gasteiger charge is 2.47. The van der Waals surface area contributed by atoms with E-state index in [1.54, 1.807) is 33.5 Å². The summed E-state index contributed by atoms with van der Waals surface area (Å²) in [4.78, 5) is 11.0. The standard InChI is InChI=1S/C13H16O5/c1-16-7-4-10(17-2)12(11(5-7)18-3)8-6-9(8)13(14)15/h4-5,8-9H,6H2,1-3H3,(H,14,15)/t8-,9-/m1/s1. The van der Waals surface area contributed by atoms with Crippen molar-refractivity contribution in [2.24, 2.45) is 5.92 Å². The summed E-state index contributed by atoms with van der Waals surface area (Å²) in [7, 11) is 4.66. The summed E-state index contributed by atoms with van der Waals surface area (Å²) < 4.78 is 15.8. The van der Waals surface area contributed by atoms with E-state index >= 15 is 0 Å². The zero-order valence-electron chi connectivity index (χ0n) is 10.6. The lowest BCUT2D eigenvalue weighted by Crippen LogP contribution is -2.02. The molecule has 5 heteroatoms. The molecule has 1 aromatic carbocycles. The minimum atomic E-state index is -0.778. The van der Waals surface area contributed by atoms with E-state index < -0.39 is 5.97 Å². The number of ether oxygens (including phenoxy) is 3. The van der Waals surface area contributed by atoms with E-state index in [-0.39, 0.29) is 11.8 Å². The first-order valence-corrected chi connectivity index (χ1v) is 5.65. The van der Waals surface area contributed by atoms with E-state index in [0.717, 1.165) is 5.56 Å². The summed E-state index contributed by atoms with van der Waals surface area (Å²) in [5.74, 6) is 0.680. The SMILES string of the molecule is COc1cc(OC)c([C@@H]2C[C@H]2C(=O)O)c(OC)c1. The number of benzene rings is 1. The van der Waals surface area contributed by atoms with Crippen molar-refractivity contribution in [1.29, 1.82) is 0 Å². The van der Waals surface area contributed by atoms with Crippen LogP contribution in [0.2, 0.25) is 0 Å². The van der Waals surface area contributed by atoms with Gasteiger partial charge in [0.15, 0.2) is 0 Å². The molecule has 1 N–H and O–H groups in total. The van der Waals surface area contributed by atoms with Crippen LogP contribution >= 0.6 is 0 Å². The monoisotopic (exact) mass is 252 g/mol. The molecule has 0 amide bonds. The Hall–Kier alpha value is -1.91. The van der Waals surface area contributed by atoms with Crippen LogP contribution in [0, 0.1) is 5.92 Å². The Morgan fingerprint density at radius 1 is 1.17 bits per heavy atom. The van der Waals surface area contributed by atoms with E-state index in [1.807, 2.05) is 0 Å². The van der Waals surface area contributed by atoms with Gasteiger partial charge in [0, 0.05) is 23.6 Å². The third-order valence-corrected chi connectivity index (χ3v) is 3.23. The molecule has 1 aromatic rings. The van der Waals surface area contributed by atoms with Crippen LogP contribution in [0.25, 0.3) is 0 Å². The molecule has 1 saturated carbocycles. The summed E-state index contributed by atoms with van der Waals surface area (Å²) in [6, 6.07) is 3.49. The Kier molecular flexibility index (Phi) is 3.32. The maximum Gasteiger partial charge on any atom is 0.307 e. The molecular weight excluding hydrogens is 236 g/mol. The van der Waals surface area contributed by atoms with Gasteiger partial charge in [0.2, 0.25) is 0 Å². The van der Waals surface area contributed by atoms with Gasteiger partial charge in [-0.2, -0.15) is 0 Å². The lowest BCUT2D eigenvalue weighted by molar-refractivity contribution is -0.138. The lowest BCUT2D eigenvalue weighted by atomic mass is 10.1. The number of aliphatic carboxylic acids is 1. The molecule has 0 spiro atoms. The van der Waals surface area contributed by atoms with Crippen molar-refractivity contribution < 1.29 is 24.1 Å². The van der Waals surface area contributed by atoms with Crippen LogP contribution in [-0.2, 0) is 4.79 Å². The summed E-state index contributed by atoms with van der Waals surface area (Å²) in [6.45, 7) is 0. The number of carboxylic acids is 1. The molecule has 1 aliphatic rings. The Bertz CT molecular complexity index is 443. The second-order valence-electron chi connectivity index (χ2n) is 4.23. The van der Waals surface area contributed by atoms with Gasteiger partial charge in [0.25, 0.3) is 0 Å². The van der Waals surface area contributed by atoms with Gasteiger partial charge >= 0.3 is 5.97 Å². The van der Waals surface area contributed by atoms with E-state index in [0.29, 0.717) is 23.7 Å². The number of methoxy groups -OCH3 is 3. The number of carboxylic acid groups (broad SMARTS) is 1. The molecule has 1 aliphatic carbocycles. The Morgan fingerprint density at radius 3 is 2.06 bits per heavy atom. The minimum Gasteiger partial charge on any atom is -0.496 e. The normalized spacial score (nSPS) is 21.3. The minimum absolute atomic E-state index is 0.0432. The highest BCUT2D eigenvalue weighted by molar-refractivity contribution is 5.76. The van der Waals surface area contributed by atoms with E-state index in [4.69, 9.17) is 19.3 Å². The van der Waals surface area contributed by atoms with Crippen LogP contribution in [-0.4, -0.2) is 32.4 Å². The van der Waals surface area contributed by atoms with E-state index in [2.05, 4.69) is 0 Å². The first-order valence-electron chi connectivity index (χ1n) is 5.65. The van der Waals surface area contributed by atoms with Crippen LogP contribution in [0.5, 0.6) is 17.2 Å². The molecular formula is C13H16O5. The van der Waals surface area contributed by atoms with Gasteiger partial charge in [-0.15, -0.1) is 0 Å². The van der Waals surface area contributed by atoms with Crippen molar-refractivity contribution in [2.75, 3.05) is 21.3 Å². The van der Waals surface area contributed by atoms with Crippen LogP contribution in [0.15, 0.2) is 12.1 Å². The molecule has 5 nitrogen and oxygen atoms in total. The predicted octanol–water partition coefficient (Wildman–Crippen LogP) is 1.90. The third-order valence-electron chi connectivity index (χ3n) is 3.23. The largest absolute Gasteiger partial charge is 0.496 e. The second-order valence-corrected chi connectivity index (χ2v) is 4.23. The Morgan fingerprint density at radius 2 is 1.72 bits per heavy atom. The highest BCUT2D eigenvalue weighted by Crippen LogP contribution is 2.54. The van der Waals surface area contributed by atoms with Crippen LogP contribution in [0.1, 0.15) is 17.9 Å². The van der Waals surface area contributed by atoms with E-state index in [1.165, 1.54) is 0 Å². The quantitative estimate of drug-likeness (QED) is 0.867. The molecule has 2 atom stereocenters. The molecule has 0 aromatic heterocycles. The van der Waals surface area contributed by atoms with E-state index in [9.17, 15) is 4.79 Å². The number of hydrogen-bond donors (Lipinski definition) is 1. The molecule has 18 heavy (non-hydrogen) atoms. The fourth-order valence-corrected chi connectivity index (χ4v) is 2.19. The van der Waals surface area contributed by atoms with Crippen molar-refractivity contribution >= 4 is 5.97 Å². The van der Waals surface area contributed by atoms with Gasteiger partial charge in [0.1, 0.15) is 17.2 Å². The molecule has 0 heterocycles. The average molecular weight is 252 g/mol. The van der Waals surface area contributed by atoms with Gasteiger partial charge in [-0.3, -0.25) is 4.79 Å². The summed E-state index contributed by atoms with van der Waals surface area (Å²) >= 11 is 0. The summed E-state index contributed by atoms with van der Waals surface area (Å²) in [5, 5.41) is 9.01. The van der Waals surface area contributed by atoms with Gasteiger partial charge < -0.3 is 19.3 Å². The molecule has 0 bridgehead atoms. The van der Waals surface area contributed by atoms with Crippen molar-refractivity contribution in [3.63, 3.8) is 0 Å². The van der Waals surface area contributed by atoms with Gasteiger partial charge in [-0.05, 0) is 6.42 Å². The average Bonchev–Trinajstić information content (AvgIpc) is 3.17. The topological polar surface area (TPSA) is 65.0 Å². The first-order chi connectivity index (χ1) is 8.62. The third kappa shape index (κ3) is 2.08. The molecule has 98 valence electrons. The van der Waals surface area contributed by atoms with Gasteiger partial charge in [-0.1, -0.05) is 0 Å². The lowest BCUT2D eigenvalue weighted by Gasteiger charge is -2.14. The molecule has 0 unspecified atom stereocenters. The Labute approximate surface area is 105 Å². The first kappa shape index (κ1) is 12.5. The highest BCUT2D eigenvalue weighted by atomic mass is 16.5. The predicted molar refractivity (Wildman–Crippen MR) is 64.6 cm³/mol. The van der Waals surface area contributed by atoms with Crippen molar-refractivity contribution in [3.8, 4) is 17.2 Å². The molecule has 0 saturated heterocycles. The molecule has 0 aliphatic heterocycles.